The van der Waals surface area contributed by atoms with Crippen LogP contribution in [0.15, 0.2) is 0 Å². The van der Waals surface area contributed by atoms with Gasteiger partial charge < -0.3 is 10.2 Å². The second-order valence-corrected chi connectivity index (χ2v) is 7.09. The van der Waals surface area contributed by atoms with Crippen LogP contribution in [0.1, 0.15) is 26.2 Å². The highest BCUT2D eigenvalue weighted by atomic mass is 32.2. The molecule has 0 spiro atoms. The van der Waals surface area contributed by atoms with E-state index < -0.39 is 10.0 Å². The van der Waals surface area contributed by atoms with Crippen LogP contribution in [0.5, 0.6) is 0 Å². The number of hydrogen-bond donors (Lipinski definition) is 2. The normalized spacial score (nSPS) is 22.3. The van der Waals surface area contributed by atoms with Crippen molar-refractivity contribution in [1.82, 2.24) is 14.9 Å². The van der Waals surface area contributed by atoms with E-state index in [1.165, 1.54) is 0 Å². The van der Waals surface area contributed by atoms with E-state index in [2.05, 4.69) is 10.0 Å². The molecule has 6 nitrogen and oxygen atoms in total. The van der Waals surface area contributed by atoms with Crippen molar-refractivity contribution in [3.05, 3.63) is 0 Å². The average molecular weight is 291 g/mol. The molecule has 1 rings (SSSR count). The quantitative estimate of drug-likeness (QED) is 0.709. The summed E-state index contributed by atoms with van der Waals surface area (Å²) >= 11 is 0. The van der Waals surface area contributed by atoms with Crippen molar-refractivity contribution in [2.45, 2.75) is 32.2 Å². The molecule has 0 bridgehead atoms. The van der Waals surface area contributed by atoms with Gasteiger partial charge in [-0.25, -0.2) is 13.1 Å². The van der Waals surface area contributed by atoms with Crippen LogP contribution in [-0.2, 0) is 14.8 Å². The van der Waals surface area contributed by atoms with Crippen LogP contribution < -0.4 is 10.0 Å². The minimum atomic E-state index is -3.20. The molecule has 1 amide bonds. The molecule has 2 atom stereocenters. The lowest BCUT2D eigenvalue weighted by Crippen LogP contribution is -2.51. The topological polar surface area (TPSA) is 78.5 Å². The fourth-order valence-corrected chi connectivity index (χ4v) is 2.92. The molecule has 0 aromatic carbocycles. The smallest absolute Gasteiger partial charge is 0.226 e. The minimum absolute atomic E-state index is 0.0183. The SMILES string of the molecule is CNCC(C)C(=O)N1CCCCC1CNS(C)(=O)=O. The van der Waals surface area contributed by atoms with E-state index in [0.717, 1.165) is 32.1 Å². The number of sulfonamides is 1. The van der Waals surface area contributed by atoms with Crippen LogP contribution in [0.2, 0.25) is 0 Å². The van der Waals surface area contributed by atoms with Gasteiger partial charge in [-0.05, 0) is 26.3 Å². The van der Waals surface area contributed by atoms with Gasteiger partial charge in [0.05, 0.1) is 6.26 Å². The maximum atomic E-state index is 12.3. The Kier molecular flexibility index (Phi) is 6.22. The standard InChI is InChI=1S/C12H25N3O3S/c1-10(8-13-2)12(16)15-7-5-4-6-11(15)9-14-19(3,17)18/h10-11,13-14H,4-9H2,1-3H3. The Balaban J connectivity index is 2.64. The summed E-state index contributed by atoms with van der Waals surface area (Å²) in [5.74, 6) is 0.0261. The highest BCUT2D eigenvalue weighted by molar-refractivity contribution is 7.88. The average Bonchev–Trinajstić information content (AvgIpc) is 2.35. The van der Waals surface area contributed by atoms with Gasteiger partial charge in [0.2, 0.25) is 15.9 Å². The third kappa shape index (κ3) is 5.46. The molecule has 1 fully saturated rings. The summed E-state index contributed by atoms with van der Waals surface area (Å²) < 4.78 is 24.8. The van der Waals surface area contributed by atoms with Gasteiger partial charge in [-0.2, -0.15) is 0 Å². The summed E-state index contributed by atoms with van der Waals surface area (Å²) in [4.78, 5) is 14.2. The Bertz CT molecular complexity index is 397. The highest BCUT2D eigenvalue weighted by Gasteiger charge is 2.29. The Morgan fingerprint density at radius 1 is 1.42 bits per heavy atom. The van der Waals surface area contributed by atoms with Gasteiger partial charge in [-0.3, -0.25) is 4.79 Å². The molecule has 1 heterocycles. The number of hydrogen-bond acceptors (Lipinski definition) is 4. The lowest BCUT2D eigenvalue weighted by Gasteiger charge is -2.37. The third-order valence-electron chi connectivity index (χ3n) is 3.42. The van der Waals surface area contributed by atoms with E-state index in [1.807, 2.05) is 18.9 Å². The van der Waals surface area contributed by atoms with Gasteiger partial charge >= 0.3 is 0 Å². The Morgan fingerprint density at radius 3 is 2.68 bits per heavy atom. The number of carbonyl (C=O) groups excluding carboxylic acids is 1. The summed E-state index contributed by atoms with van der Waals surface area (Å²) in [6.07, 6.45) is 4.04. The Hall–Kier alpha value is -0.660. The maximum Gasteiger partial charge on any atom is 0.226 e. The minimum Gasteiger partial charge on any atom is -0.338 e. The van der Waals surface area contributed by atoms with E-state index in [9.17, 15) is 13.2 Å². The second kappa shape index (κ2) is 7.21. The van der Waals surface area contributed by atoms with Gasteiger partial charge in [0.1, 0.15) is 0 Å². The van der Waals surface area contributed by atoms with Crippen LogP contribution in [0.4, 0.5) is 0 Å². The first-order chi connectivity index (χ1) is 8.85. The monoisotopic (exact) mass is 291 g/mol. The summed E-state index contributed by atoms with van der Waals surface area (Å²) in [7, 11) is -1.38. The Labute approximate surface area is 116 Å². The van der Waals surface area contributed by atoms with Crippen molar-refractivity contribution in [3.63, 3.8) is 0 Å². The molecular formula is C12H25N3O3S. The van der Waals surface area contributed by atoms with E-state index in [4.69, 9.17) is 0 Å². The molecule has 0 aliphatic carbocycles. The molecule has 19 heavy (non-hydrogen) atoms. The Morgan fingerprint density at radius 2 is 2.11 bits per heavy atom. The zero-order valence-electron chi connectivity index (χ0n) is 12.0. The summed E-state index contributed by atoms with van der Waals surface area (Å²) in [5, 5.41) is 3.00. The number of carbonyl (C=O) groups is 1. The maximum absolute atomic E-state index is 12.3. The first kappa shape index (κ1) is 16.4. The molecule has 0 saturated carbocycles. The predicted molar refractivity (Wildman–Crippen MR) is 75.3 cm³/mol. The van der Waals surface area contributed by atoms with Gasteiger partial charge in [-0.1, -0.05) is 6.92 Å². The molecule has 112 valence electrons. The van der Waals surface area contributed by atoms with Crippen molar-refractivity contribution in [2.75, 3.05) is 32.9 Å². The van der Waals surface area contributed by atoms with Gasteiger partial charge in [0, 0.05) is 31.6 Å². The van der Waals surface area contributed by atoms with Crippen LogP contribution in [0.25, 0.3) is 0 Å². The van der Waals surface area contributed by atoms with Gasteiger partial charge in [-0.15, -0.1) is 0 Å². The molecule has 1 aliphatic heterocycles. The zero-order chi connectivity index (χ0) is 14.5. The number of nitrogens with zero attached hydrogens (tertiary/aromatic N) is 1. The lowest BCUT2D eigenvalue weighted by atomic mass is 9.99. The molecule has 1 aliphatic rings. The third-order valence-corrected chi connectivity index (χ3v) is 4.11. The van der Waals surface area contributed by atoms with Crippen LogP contribution in [-0.4, -0.2) is 58.2 Å². The highest BCUT2D eigenvalue weighted by Crippen LogP contribution is 2.19. The van der Waals surface area contributed by atoms with Crippen molar-refractivity contribution in [1.29, 1.82) is 0 Å². The number of piperidine rings is 1. The van der Waals surface area contributed by atoms with E-state index in [-0.39, 0.29) is 17.9 Å². The van der Waals surface area contributed by atoms with Gasteiger partial charge in [0.25, 0.3) is 0 Å². The largest absolute Gasteiger partial charge is 0.338 e. The van der Waals surface area contributed by atoms with Crippen molar-refractivity contribution >= 4 is 15.9 Å². The molecule has 2 unspecified atom stereocenters. The molecule has 0 aromatic heterocycles. The zero-order valence-corrected chi connectivity index (χ0v) is 12.8. The molecule has 0 aromatic rings. The van der Waals surface area contributed by atoms with E-state index in [1.54, 1.807) is 0 Å². The van der Waals surface area contributed by atoms with Gasteiger partial charge in [0.15, 0.2) is 0 Å². The second-order valence-electron chi connectivity index (χ2n) is 5.26. The molecule has 2 N–H and O–H groups in total. The molecule has 0 radical (unpaired) electrons. The number of amides is 1. The summed E-state index contributed by atoms with van der Waals surface area (Å²) in [6, 6.07) is -0.0183. The van der Waals surface area contributed by atoms with Crippen LogP contribution in [0, 0.1) is 5.92 Å². The fourth-order valence-electron chi connectivity index (χ4n) is 2.43. The van der Waals surface area contributed by atoms with Crippen molar-refractivity contribution in [2.24, 2.45) is 5.92 Å². The summed E-state index contributed by atoms with van der Waals surface area (Å²) in [6.45, 7) is 3.58. The number of nitrogens with one attached hydrogen (secondary N) is 2. The van der Waals surface area contributed by atoms with E-state index in [0.29, 0.717) is 13.1 Å². The number of rotatable bonds is 6. The van der Waals surface area contributed by atoms with E-state index >= 15 is 0 Å². The molecule has 1 saturated heterocycles. The van der Waals surface area contributed by atoms with Crippen LogP contribution >= 0.6 is 0 Å². The first-order valence-electron chi connectivity index (χ1n) is 6.75. The fraction of sp³-hybridized carbons (Fsp3) is 0.917. The molecule has 7 heteroatoms. The predicted octanol–water partition coefficient (Wildman–Crippen LogP) is -0.228. The van der Waals surface area contributed by atoms with Crippen molar-refractivity contribution < 1.29 is 13.2 Å². The molecular weight excluding hydrogens is 266 g/mol. The number of likely N-dealkylation sites (tertiary alicyclic amines) is 1. The van der Waals surface area contributed by atoms with Crippen LogP contribution in [0.3, 0.4) is 0 Å². The first-order valence-corrected chi connectivity index (χ1v) is 8.64. The van der Waals surface area contributed by atoms with Crippen molar-refractivity contribution in [3.8, 4) is 0 Å². The summed E-state index contributed by atoms with van der Waals surface area (Å²) in [5.41, 5.74) is 0. The lowest BCUT2D eigenvalue weighted by molar-refractivity contribution is -0.138.